The molecule has 37 heavy (non-hydrogen) atoms. The van der Waals surface area contributed by atoms with Crippen molar-refractivity contribution < 1.29 is 33.3 Å². The molecule has 0 aromatic heterocycles. The number of methoxy groups -OCH3 is 2. The predicted octanol–water partition coefficient (Wildman–Crippen LogP) is 3.23. The number of rotatable bonds is 12. The second kappa shape index (κ2) is 14.3. The maximum Gasteiger partial charge on any atom is 0.337 e. The van der Waals surface area contributed by atoms with E-state index in [4.69, 9.17) is 18.9 Å². The van der Waals surface area contributed by atoms with Crippen molar-refractivity contribution in [2.75, 3.05) is 53.6 Å². The molecule has 0 N–H and O–H groups in total. The fourth-order valence-corrected chi connectivity index (χ4v) is 4.16. The Labute approximate surface area is 218 Å². The molecule has 0 bridgehead atoms. The largest absolute Gasteiger partial charge is 0.497 e. The zero-order valence-corrected chi connectivity index (χ0v) is 21.8. The summed E-state index contributed by atoms with van der Waals surface area (Å²) >= 11 is 0. The van der Waals surface area contributed by atoms with Gasteiger partial charge in [0.2, 0.25) is 5.91 Å². The van der Waals surface area contributed by atoms with Crippen molar-refractivity contribution in [3.63, 3.8) is 0 Å². The van der Waals surface area contributed by atoms with Crippen molar-refractivity contribution in [1.29, 1.82) is 0 Å². The molecule has 2 aromatic rings. The van der Waals surface area contributed by atoms with Gasteiger partial charge in [-0.05, 0) is 42.3 Å². The fraction of sp³-hybridized carbons (Fsp3) is 0.464. The van der Waals surface area contributed by atoms with Gasteiger partial charge >= 0.3 is 11.9 Å². The van der Waals surface area contributed by atoms with Crippen LogP contribution in [0.25, 0.3) is 0 Å². The summed E-state index contributed by atoms with van der Waals surface area (Å²) in [6.07, 6.45) is 0.0593. The molecule has 0 unspecified atom stereocenters. The molecule has 1 aliphatic rings. The highest BCUT2D eigenvalue weighted by Crippen LogP contribution is 2.25. The van der Waals surface area contributed by atoms with Crippen molar-refractivity contribution in [2.45, 2.75) is 32.5 Å². The highest BCUT2D eigenvalue weighted by molar-refractivity contribution is 5.89. The van der Waals surface area contributed by atoms with Gasteiger partial charge in [-0.1, -0.05) is 24.3 Å². The fourth-order valence-electron chi connectivity index (χ4n) is 4.16. The molecule has 1 heterocycles. The van der Waals surface area contributed by atoms with Gasteiger partial charge in [-0.25, -0.2) is 4.79 Å². The summed E-state index contributed by atoms with van der Waals surface area (Å²) in [7, 11) is 2.99. The summed E-state index contributed by atoms with van der Waals surface area (Å²) in [6, 6.07) is 15.0. The van der Waals surface area contributed by atoms with Crippen LogP contribution in [0.5, 0.6) is 5.75 Å². The monoisotopic (exact) mass is 512 g/mol. The number of hydrogen-bond donors (Lipinski definition) is 0. The topological polar surface area (TPSA) is 94.6 Å². The first-order valence-corrected chi connectivity index (χ1v) is 12.5. The van der Waals surface area contributed by atoms with Crippen LogP contribution in [0.1, 0.15) is 47.4 Å². The van der Waals surface area contributed by atoms with Crippen molar-refractivity contribution in [2.24, 2.45) is 0 Å². The molecular weight excluding hydrogens is 476 g/mol. The lowest BCUT2D eigenvalue weighted by molar-refractivity contribution is -0.146. The van der Waals surface area contributed by atoms with Gasteiger partial charge in [-0.2, -0.15) is 0 Å². The molecule has 2 aromatic carbocycles. The summed E-state index contributed by atoms with van der Waals surface area (Å²) in [6.45, 7) is 5.71. The summed E-state index contributed by atoms with van der Waals surface area (Å²) in [4.78, 5) is 39.9. The van der Waals surface area contributed by atoms with E-state index in [-0.39, 0.29) is 36.8 Å². The molecule has 1 saturated heterocycles. The molecule has 9 nitrogen and oxygen atoms in total. The molecule has 3 rings (SSSR count). The van der Waals surface area contributed by atoms with E-state index in [0.29, 0.717) is 51.5 Å². The lowest BCUT2D eigenvalue weighted by Crippen LogP contribution is -2.49. The number of benzene rings is 2. The Balaban J connectivity index is 1.59. The number of nitrogens with zero attached hydrogens (tertiary/aromatic N) is 2. The predicted molar refractivity (Wildman–Crippen MR) is 137 cm³/mol. The van der Waals surface area contributed by atoms with Gasteiger partial charge in [0.1, 0.15) is 5.75 Å². The molecule has 1 fully saturated rings. The molecule has 9 heteroatoms. The highest BCUT2D eigenvalue weighted by atomic mass is 16.5. The van der Waals surface area contributed by atoms with Crippen molar-refractivity contribution in [3.05, 3.63) is 65.2 Å². The van der Waals surface area contributed by atoms with Crippen LogP contribution in [-0.2, 0) is 30.4 Å². The van der Waals surface area contributed by atoms with Crippen LogP contribution in [0.4, 0.5) is 0 Å². The molecule has 0 spiro atoms. The van der Waals surface area contributed by atoms with E-state index in [0.717, 1.165) is 16.9 Å². The Morgan fingerprint density at radius 1 is 0.946 bits per heavy atom. The van der Waals surface area contributed by atoms with E-state index < -0.39 is 0 Å². The third-order valence-corrected chi connectivity index (χ3v) is 6.29. The standard InChI is InChI=1S/C28H36N2O7/c1-4-36-27(32)13-12-26(31)30-16-14-29(15-17-30)19-25(23-6-5-7-24(18-23)34-2)37-20-21-8-10-22(11-9-21)28(33)35-3/h5-11,18,25H,4,12-17,19-20H2,1-3H3/t25-/m1/s1. The Morgan fingerprint density at radius 3 is 2.32 bits per heavy atom. The van der Waals surface area contributed by atoms with Crippen LogP contribution in [0.15, 0.2) is 48.5 Å². The van der Waals surface area contributed by atoms with Crippen LogP contribution in [0.3, 0.4) is 0 Å². The van der Waals surface area contributed by atoms with Crippen LogP contribution in [-0.4, -0.2) is 81.2 Å². The highest BCUT2D eigenvalue weighted by Gasteiger charge is 2.25. The Bertz CT molecular complexity index is 1030. The number of esters is 2. The zero-order chi connectivity index (χ0) is 26.6. The van der Waals surface area contributed by atoms with Gasteiger partial charge in [-0.3, -0.25) is 14.5 Å². The summed E-state index contributed by atoms with van der Waals surface area (Å²) in [5.74, 6) is 0.0159. The molecule has 1 aliphatic heterocycles. The van der Waals surface area contributed by atoms with Gasteiger partial charge in [0.05, 0.1) is 45.5 Å². The van der Waals surface area contributed by atoms with Crippen LogP contribution < -0.4 is 4.74 Å². The quantitative estimate of drug-likeness (QED) is 0.400. The van der Waals surface area contributed by atoms with Gasteiger partial charge in [0, 0.05) is 39.1 Å². The molecular formula is C28H36N2O7. The van der Waals surface area contributed by atoms with E-state index in [2.05, 4.69) is 4.90 Å². The van der Waals surface area contributed by atoms with E-state index in [1.54, 1.807) is 31.1 Å². The second-order valence-electron chi connectivity index (χ2n) is 8.75. The number of carbonyl (C=O) groups is 3. The van der Waals surface area contributed by atoms with E-state index in [1.165, 1.54) is 7.11 Å². The second-order valence-corrected chi connectivity index (χ2v) is 8.75. The third-order valence-electron chi connectivity index (χ3n) is 6.29. The SMILES string of the molecule is CCOC(=O)CCC(=O)N1CCN(C[C@@H](OCc2ccc(C(=O)OC)cc2)c2cccc(OC)c2)CC1. The Morgan fingerprint density at radius 2 is 1.68 bits per heavy atom. The van der Waals surface area contributed by atoms with E-state index >= 15 is 0 Å². The van der Waals surface area contributed by atoms with Gasteiger partial charge in [-0.15, -0.1) is 0 Å². The Kier molecular flexibility index (Phi) is 10.9. The maximum atomic E-state index is 12.5. The molecule has 1 atom stereocenters. The van der Waals surface area contributed by atoms with Crippen LogP contribution in [0.2, 0.25) is 0 Å². The molecule has 0 aliphatic carbocycles. The molecule has 0 saturated carbocycles. The van der Waals surface area contributed by atoms with Crippen molar-refractivity contribution in [3.8, 4) is 5.75 Å². The molecule has 200 valence electrons. The normalized spacial score (nSPS) is 14.6. The first-order valence-electron chi connectivity index (χ1n) is 12.5. The first-order chi connectivity index (χ1) is 17.9. The van der Waals surface area contributed by atoms with Crippen LogP contribution in [0, 0.1) is 0 Å². The van der Waals surface area contributed by atoms with Gasteiger partial charge in [0.25, 0.3) is 0 Å². The van der Waals surface area contributed by atoms with Gasteiger partial charge in [0.15, 0.2) is 0 Å². The Hall–Kier alpha value is -3.43. The zero-order valence-electron chi connectivity index (χ0n) is 21.8. The van der Waals surface area contributed by atoms with E-state index in [9.17, 15) is 14.4 Å². The van der Waals surface area contributed by atoms with Crippen molar-refractivity contribution >= 4 is 17.8 Å². The van der Waals surface area contributed by atoms with Gasteiger partial charge < -0.3 is 23.8 Å². The van der Waals surface area contributed by atoms with E-state index in [1.807, 2.05) is 36.4 Å². The summed E-state index contributed by atoms with van der Waals surface area (Å²) in [5.41, 5.74) is 2.43. The summed E-state index contributed by atoms with van der Waals surface area (Å²) in [5, 5.41) is 0. The number of carbonyl (C=O) groups excluding carboxylic acids is 3. The first kappa shape index (κ1) is 28.1. The minimum absolute atomic E-state index is 0.0244. The number of piperazine rings is 1. The molecule has 0 radical (unpaired) electrons. The molecule has 1 amide bonds. The average Bonchev–Trinajstić information content (AvgIpc) is 2.94. The number of hydrogen-bond acceptors (Lipinski definition) is 8. The summed E-state index contributed by atoms with van der Waals surface area (Å²) < 4.78 is 21.4. The smallest absolute Gasteiger partial charge is 0.337 e. The lowest BCUT2D eigenvalue weighted by atomic mass is 10.1. The van der Waals surface area contributed by atoms with Crippen molar-refractivity contribution in [1.82, 2.24) is 9.80 Å². The third kappa shape index (κ3) is 8.58. The minimum Gasteiger partial charge on any atom is -0.497 e. The lowest BCUT2D eigenvalue weighted by Gasteiger charge is -2.36. The number of amides is 1. The minimum atomic E-state index is -0.375. The maximum absolute atomic E-state index is 12.5. The van der Waals surface area contributed by atoms with Crippen LogP contribution >= 0.6 is 0 Å². The number of ether oxygens (including phenoxy) is 4. The average molecular weight is 513 g/mol.